The molecule has 0 saturated carbocycles. The maximum absolute atomic E-state index is 5.97. The quantitative estimate of drug-likeness (QED) is 0.734. The van der Waals surface area contributed by atoms with E-state index in [1.807, 2.05) is 18.2 Å². The van der Waals surface area contributed by atoms with Gasteiger partial charge >= 0.3 is 0 Å². The van der Waals surface area contributed by atoms with Crippen LogP contribution in [0.1, 0.15) is 19.7 Å². The second-order valence-corrected chi connectivity index (χ2v) is 6.26. The van der Waals surface area contributed by atoms with Crippen molar-refractivity contribution in [3.05, 3.63) is 33.5 Å². The van der Waals surface area contributed by atoms with Crippen LogP contribution in [0.5, 0.6) is 0 Å². The molecule has 1 heterocycles. The predicted molar refractivity (Wildman–Crippen MR) is 82.6 cm³/mol. The lowest BCUT2D eigenvalue weighted by atomic mass is 10.2. The second kappa shape index (κ2) is 6.25. The van der Waals surface area contributed by atoms with Crippen molar-refractivity contribution in [2.45, 2.75) is 26.3 Å². The average molecular weight is 363 g/mol. The molecule has 0 aliphatic heterocycles. The molecule has 0 atom stereocenters. The molecule has 0 amide bonds. The zero-order valence-corrected chi connectivity index (χ0v) is 13.8. The highest BCUT2D eigenvalue weighted by molar-refractivity contribution is 9.10. The average Bonchev–Trinajstić information content (AvgIpc) is 2.71. The van der Waals surface area contributed by atoms with Crippen molar-refractivity contribution in [3.63, 3.8) is 0 Å². The maximum Gasteiger partial charge on any atom is 0.165 e. The Balaban J connectivity index is 2.52. The van der Waals surface area contributed by atoms with Gasteiger partial charge in [0.2, 0.25) is 0 Å². The van der Waals surface area contributed by atoms with E-state index in [1.54, 1.807) is 0 Å². The molecule has 102 valence electrons. The molecule has 1 aromatic carbocycles. The minimum Gasteiger partial charge on any atom is -0.310 e. The van der Waals surface area contributed by atoms with E-state index in [9.17, 15) is 0 Å². The number of hydrogen-bond acceptors (Lipinski definition) is 2. The van der Waals surface area contributed by atoms with E-state index >= 15 is 0 Å². The Hall–Kier alpha value is -0.580. The topological polar surface area (TPSA) is 30.7 Å². The second-order valence-electron chi connectivity index (χ2n) is 4.70. The lowest BCUT2D eigenvalue weighted by molar-refractivity contribution is 0.515. The Morgan fingerprint density at radius 1 is 1.32 bits per heavy atom. The predicted octanol–water partition coefficient (Wildman–Crippen LogP) is 4.76. The van der Waals surface area contributed by atoms with Crippen LogP contribution in [-0.4, -0.2) is 14.8 Å². The van der Waals surface area contributed by atoms with Crippen molar-refractivity contribution >= 4 is 39.1 Å². The van der Waals surface area contributed by atoms with Crippen LogP contribution in [0.4, 0.5) is 0 Å². The minimum atomic E-state index is 0.352. The summed E-state index contributed by atoms with van der Waals surface area (Å²) in [6.45, 7) is 5.14. The van der Waals surface area contributed by atoms with Gasteiger partial charge in [-0.3, -0.25) is 0 Å². The summed E-state index contributed by atoms with van der Waals surface area (Å²) in [6.07, 6.45) is 0. The first kappa shape index (κ1) is 14.8. The fourth-order valence-corrected chi connectivity index (χ4v) is 2.92. The first-order chi connectivity index (χ1) is 9.02. The van der Waals surface area contributed by atoms with Gasteiger partial charge in [0.25, 0.3) is 0 Å². The van der Waals surface area contributed by atoms with E-state index < -0.39 is 0 Å². The molecule has 0 saturated heterocycles. The number of benzene rings is 1. The van der Waals surface area contributed by atoms with Crippen LogP contribution in [0.3, 0.4) is 0 Å². The Morgan fingerprint density at radius 2 is 2.05 bits per heavy atom. The largest absolute Gasteiger partial charge is 0.310 e. The van der Waals surface area contributed by atoms with Crippen molar-refractivity contribution in [1.29, 1.82) is 0 Å². The summed E-state index contributed by atoms with van der Waals surface area (Å²) in [5, 5.41) is 9.09. The fourth-order valence-electron chi connectivity index (χ4n) is 1.86. The third-order valence-electron chi connectivity index (χ3n) is 2.67. The molecule has 0 radical (unpaired) electrons. The van der Waals surface area contributed by atoms with Crippen molar-refractivity contribution in [2.24, 2.45) is 5.92 Å². The first-order valence-electron chi connectivity index (χ1n) is 5.96. The van der Waals surface area contributed by atoms with E-state index in [0.717, 1.165) is 28.2 Å². The molecule has 19 heavy (non-hydrogen) atoms. The lowest BCUT2D eigenvalue weighted by Gasteiger charge is -2.12. The van der Waals surface area contributed by atoms with Crippen LogP contribution in [0, 0.1) is 5.92 Å². The molecule has 1 aromatic heterocycles. The molecule has 0 aliphatic rings. The maximum atomic E-state index is 5.97. The zero-order valence-electron chi connectivity index (χ0n) is 10.7. The zero-order chi connectivity index (χ0) is 14.0. The molecular formula is C13H14BrCl2N3. The Labute approximate surface area is 131 Å². The number of aromatic nitrogens is 3. The summed E-state index contributed by atoms with van der Waals surface area (Å²) in [7, 11) is 0. The molecule has 0 aliphatic carbocycles. The lowest BCUT2D eigenvalue weighted by Crippen LogP contribution is -2.09. The number of nitrogens with zero attached hydrogens (tertiary/aromatic N) is 3. The van der Waals surface area contributed by atoms with Crippen LogP contribution in [-0.2, 0) is 12.4 Å². The van der Waals surface area contributed by atoms with Crippen molar-refractivity contribution < 1.29 is 0 Å². The molecule has 3 nitrogen and oxygen atoms in total. The van der Waals surface area contributed by atoms with Gasteiger partial charge in [-0.15, -0.1) is 21.8 Å². The Bertz CT molecular complexity index is 581. The van der Waals surface area contributed by atoms with Crippen LogP contribution in [0.2, 0.25) is 5.02 Å². The third-order valence-corrected chi connectivity index (χ3v) is 3.80. The molecule has 2 rings (SSSR count). The highest BCUT2D eigenvalue weighted by atomic mass is 79.9. The van der Waals surface area contributed by atoms with Crippen molar-refractivity contribution in [2.75, 3.05) is 0 Å². The summed E-state index contributed by atoms with van der Waals surface area (Å²) < 4.78 is 2.96. The molecule has 2 aromatic rings. The van der Waals surface area contributed by atoms with Crippen LogP contribution >= 0.6 is 39.1 Å². The first-order valence-corrected chi connectivity index (χ1v) is 7.67. The SMILES string of the molecule is CC(C)Cn1c(CCl)nnc1-c1ccc(Cl)cc1Br. The number of halogens is 3. The van der Waals surface area contributed by atoms with Gasteiger partial charge in [-0.25, -0.2) is 0 Å². The van der Waals surface area contributed by atoms with Gasteiger partial charge in [-0.05, 0) is 40.0 Å². The van der Waals surface area contributed by atoms with Crippen molar-refractivity contribution in [3.8, 4) is 11.4 Å². The molecule has 6 heteroatoms. The van der Waals surface area contributed by atoms with Gasteiger partial charge in [-0.1, -0.05) is 25.4 Å². The molecule has 0 bridgehead atoms. The minimum absolute atomic E-state index is 0.352. The van der Waals surface area contributed by atoms with Crippen LogP contribution in [0.15, 0.2) is 22.7 Å². The highest BCUT2D eigenvalue weighted by Crippen LogP contribution is 2.30. The summed E-state index contributed by atoms with van der Waals surface area (Å²) in [5.74, 6) is 2.44. The molecule has 0 spiro atoms. The number of alkyl halides is 1. The standard InChI is InChI=1S/C13H14BrCl2N3/c1-8(2)7-19-12(6-15)17-18-13(19)10-4-3-9(16)5-11(10)14/h3-5,8H,6-7H2,1-2H3. The van der Waals surface area contributed by atoms with Gasteiger partial charge < -0.3 is 4.57 Å². The van der Waals surface area contributed by atoms with Gasteiger partial charge in [0.1, 0.15) is 5.82 Å². The van der Waals surface area contributed by atoms with Gasteiger partial charge in [0.05, 0.1) is 5.88 Å². The van der Waals surface area contributed by atoms with Crippen LogP contribution < -0.4 is 0 Å². The van der Waals surface area contributed by atoms with E-state index in [4.69, 9.17) is 23.2 Å². The monoisotopic (exact) mass is 361 g/mol. The van der Waals surface area contributed by atoms with E-state index in [1.165, 1.54) is 0 Å². The summed E-state index contributed by atoms with van der Waals surface area (Å²) in [4.78, 5) is 0. The Kier molecular flexibility index (Phi) is 4.87. The fraction of sp³-hybridized carbons (Fsp3) is 0.385. The van der Waals surface area contributed by atoms with Gasteiger partial charge in [-0.2, -0.15) is 0 Å². The third kappa shape index (κ3) is 3.30. The summed E-state index contributed by atoms with van der Waals surface area (Å²) in [5.41, 5.74) is 0.967. The molecular weight excluding hydrogens is 349 g/mol. The normalized spacial score (nSPS) is 11.3. The van der Waals surface area contributed by atoms with Gasteiger partial charge in [0.15, 0.2) is 5.82 Å². The van der Waals surface area contributed by atoms with Gasteiger partial charge in [0, 0.05) is 21.6 Å². The Morgan fingerprint density at radius 3 is 2.63 bits per heavy atom. The van der Waals surface area contributed by atoms with E-state index in [-0.39, 0.29) is 0 Å². The van der Waals surface area contributed by atoms with E-state index in [2.05, 4.69) is 44.5 Å². The number of rotatable bonds is 4. The molecule has 0 unspecified atom stereocenters. The summed E-state index contributed by atoms with van der Waals surface area (Å²) in [6, 6.07) is 5.63. The number of hydrogen-bond donors (Lipinski definition) is 0. The van der Waals surface area contributed by atoms with Crippen molar-refractivity contribution in [1.82, 2.24) is 14.8 Å². The molecule has 0 fully saturated rings. The summed E-state index contributed by atoms with van der Waals surface area (Å²) >= 11 is 15.4. The van der Waals surface area contributed by atoms with Crippen LogP contribution in [0.25, 0.3) is 11.4 Å². The van der Waals surface area contributed by atoms with E-state index in [0.29, 0.717) is 16.8 Å². The smallest absolute Gasteiger partial charge is 0.165 e. The molecule has 0 N–H and O–H groups in total. The highest BCUT2D eigenvalue weighted by Gasteiger charge is 2.16.